The topological polar surface area (TPSA) is 67.6 Å². The summed E-state index contributed by atoms with van der Waals surface area (Å²) in [7, 11) is 0. The van der Waals surface area contributed by atoms with E-state index in [9.17, 15) is 9.90 Å². The molecule has 1 N–H and O–H groups in total. The standard InChI is InChI=1S/C18H23N3O3/c1-4-20-11-14(17(19-20)18(22)23)21-10-13-7-5-6-8-15(13)24-16(21)9-12(2)3/h5-8,11-12,16H,4,9-10H2,1-3H3,(H,22,23). The molecule has 1 aromatic carbocycles. The number of carbonyl (C=O) groups is 1. The summed E-state index contributed by atoms with van der Waals surface area (Å²) in [4.78, 5) is 13.6. The number of hydrogen-bond acceptors (Lipinski definition) is 4. The lowest BCUT2D eigenvalue weighted by atomic mass is 10.0. The fourth-order valence-electron chi connectivity index (χ4n) is 3.00. The number of aryl methyl sites for hydroxylation is 1. The first-order chi connectivity index (χ1) is 11.5. The van der Waals surface area contributed by atoms with Crippen molar-refractivity contribution in [2.75, 3.05) is 4.90 Å². The van der Waals surface area contributed by atoms with E-state index in [-0.39, 0.29) is 11.9 Å². The Bertz CT molecular complexity index is 739. The number of carboxylic acid groups (broad SMARTS) is 1. The molecular formula is C18H23N3O3. The van der Waals surface area contributed by atoms with E-state index in [1.54, 1.807) is 10.9 Å². The lowest BCUT2D eigenvalue weighted by Gasteiger charge is -2.38. The number of para-hydroxylation sites is 1. The highest BCUT2D eigenvalue weighted by Crippen LogP contribution is 2.34. The molecule has 0 radical (unpaired) electrons. The van der Waals surface area contributed by atoms with E-state index in [4.69, 9.17) is 4.74 Å². The third kappa shape index (κ3) is 3.09. The second-order valence-corrected chi connectivity index (χ2v) is 6.46. The molecule has 2 aromatic rings. The molecule has 1 aliphatic heterocycles. The van der Waals surface area contributed by atoms with Crippen molar-refractivity contribution in [3.05, 3.63) is 41.7 Å². The van der Waals surface area contributed by atoms with Crippen molar-refractivity contribution < 1.29 is 14.6 Å². The quantitative estimate of drug-likeness (QED) is 0.911. The first-order valence-corrected chi connectivity index (χ1v) is 8.31. The van der Waals surface area contributed by atoms with Gasteiger partial charge in [0.2, 0.25) is 0 Å². The molecule has 6 heteroatoms. The predicted molar refractivity (Wildman–Crippen MR) is 91.4 cm³/mol. The van der Waals surface area contributed by atoms with Crippen LogP contribution in [0.3, 0.4) is 0 Å². The molecule has 128 valence electrons. The summed E-state index contributed by atoms with van der Waals surface area (Å²) < 4.78 is 7.84. The van der Waals surface area contributed by atoms with Crippen molar-refractivity contribution in [2.45, 2.75) is 46.5 Å². The van der Waals surface area contributed by atoms with Gasteiger partial charge in [-0.15, -0.1) is 0 Å². The number of ether oxygens (including phenoxy) is 1. The van der Waals surface area contributed by atoms with Crippen molar-refractivity contribution in [1.29, 1.82) is 0 Å². The average molecular weight is 329 g/mol. The summed E-state index contributed by atoms with van der Waals surface area (Å²) in [6.07, 6.45) is 2.41. The molecule has 0 saturated heterocycles. The summed E-state index contributed by atoms with van der Waals surface area (Å²) in [5, 5.41) is 13.7. The number of rotatable bonds is 5. The van der Waals surface area contributed by atoms with Gasteiger partial charge in [-0.3, -0.25) is 4.68 Å². The molecule has 24 heavy (non-hydrogen) atoms. The number of benzene rings is 1. The number of hydrogen-bond donors (Lipinski definition) is 1. The Morgan fingerprint density at radius 3 is 2.83 bits per heavy atom. The lowest BCUT2D eigenvalue weighted by molar-refractivity contribution is 0.0689. The van der Waals surface area contributed by atoms with Crippen LogP contribution in [0.5, 0.6) is 5.75 Å². The summed E-state index contributed by atoms with van der Waals surface area (Å²) in [5.74, 6) is 0.288. The zero-order valence-corrected chi connectivity index (χ0v) is 14.3. The molecule has 0 aliphatic carbocycles. The second-order valence-electron chi connectivity index (χ2n) is 6.46. The molecular weight excluding hydrogens is 306 g/mol. The number of aromatic nitrogens is 2. The molecule has 3 rings (SSSR count). The van der Waals surface area contributed by atoms with Gasteiger partial charge in [0.05, 0.1) is 12.2 Å². The minimum Gasteiger partial charge on any atom is -0.476 e. The minimum atomic E-state index is -1.01. The Morgan fingerprint density at radius 2 is 2.17 bits per heavy atom. The van der Waals surface area contributed by atoms with Crippen LogP contribution in [0.15, 0.2) is 30.5 Å². The second kappa shape index (κ2) is 6.55. The zero-order valence-electron chi connectivity index (χ0n) is 14.3. The summed E-state index contributed by atoms with van der Waals surface area (Å²) in [5.41, 5.74) is 1.75. The fourth-order valence-corrected chi connectivity index (χ4v) is 3.00. The van der Waals surface area contributed by atoms with Crippen molar-refractivity contribution in [1.82, 2.24) is 9.78 Å². The predicted octanol–water partition coefficient (Wildman–Crippen LogP) is 3.37. The van der Waals surface area contributed by atoms with Crippen molar-refractivity contribution in [3.8, 4) is 5.75 Å². The number of anilines is 1. The van der Waals surface area contributed by atoms with Gasteiger partial charge in [-0.1, -0.05) is 32.0 Å². The van der Waals surface area contributed by atoms with E-state index in [0.29, 0.717) is 24.7 Å². The molecule has 1 aromatic heterocycles. The number of nitrogens with zero attached hydrogens (tertiary/aromatic N) is 3. The number of fused-ring (bicyclic) bond motifs is 1. The lowest BCUT2D eigenvalue weighted by Crippen LogP contribution is -2.44. The van der Waals surface area contributed by atoms with Gasteiger partial charge in [0.15, 0.2) is 11.9 Å². The number of carboxylic acids is 1. The van der Waals surface area contributed by atoms with E-state index >= 15 is 0 Å². The monoisotopic (exact) mass is 329 g/mol. The maximum absolute atomic E-state index is 11.6. The molecule has 0 spiro atoms. The highest BCUT2D eigenvalue weighted by molar-refractivity contribution is 5.92. The fraction of sp³-hybridized carbons (Fsp3) is 0.444. The normalized spacial score (nSPS) is 16.8. The maximum atomic E-state index is 11.6. The van der Waals surface area contributed by atoms with Crippen LogP contribution in [0.25, 0.3) is 0 Å². The van der Waals surface area contributed by atoms with Gasteiger partial charge in [-0.05, 0) is 18.9 Å². The highest BCUT2D eigenvalue weighted by Gasteiger charge is 2.32. The molecule has 0 fully saturated rings. The van der Waals surface area contributed by atoms with Crippen LogP contribution >= 0.6 is 0 Å². The third-order valence-corrected chi connectivity index (χ3v) is 4.18. The van der Waals surface area contributed by atoms with Gasteiger partial charge in [0, 0.05) is 24.7 Å². The Morgan fingerprint density at radius 1 is 1.42 bits per heavy atom. The van der Waals surface area contributed by atoms with Crippen LogP contribution in [-0.2, 0) is 13.1 Å². The molecule has 1 atom stereocenters. The summed E-state index contributed by atoms with van der Waals surface area (Å²) in [6, 6.07) is 7.90. The average Bonchev–Trinajstić information content (AvgIpc) is 2.98. The SMILES string of the molecule is CCn1cc(N2Cc3ccccc3OC2CC(C)C)c(C(=O)O)n1. The van der Waals surface area contributed by atoms with Gasteiger partial charge in [-0.2, -0.15) is 5.10 Å². The Hall–Kier alpha value is -2.50. The third-order valence-electron chi connectivity index (χ3n) is 4.18. The van der Waals surface area contributed by atoms with Crippen LogP contribution in [0.4, 0.5) is 5.69 Å². The highest BCUT2D eigenvalue weighted by atomic mass is 16.5. The maximum Gasteiger partial charge on any atom is 0.358 e. The molecule has 0 saturated carbocycles. The van der Waals surface area contributed by atoms with Crippen LogP contribution < -0.4 is 9.64 Å². The van der Waals surface area contributed by atoms with Gasteiger partial charge >= 0.3 is 5.97 Å². The van der Waals surface area contributed by atoms with E-state index in [1.807, 2.05) is 36.1 Å². The first-order valence-electron chi connectivity index (χ1n) is 8.31. The van der Waals surface area contributed by atoms with Crippen molar-refractivity contribution >= 4 is 11.7 Å². The van der Waals surface area contributed by atoms with E-state index in [0.717, 1.165) is 17.7 Å². The van der Waals surface area contributed by atoms with Crippen molar-refractivity contribution in [3.63, 3.8) is 0 Å². The Balaban J connectivity index is 2.03. The largest absolute Gasteiger partial charge is 0.476 e. The van der Waals surface area contributed by atoms with Crippen molar-refractivity contribution in [2.24, 2.45) is 5.92 Å². The molecule has 0 amide bonds. The Kier molecular flexibility index (Phi) is 4.46. The van der Waals surface area contributed by atoms with E-state index < -0.39 is 5.97 Å². The molecule has 2 heterocycles. The van der Waals surface area contributed by atoms with E-state index in [1.165, 1.54) is 0 Å². The number of aromatic carboxylic acids is 1. The first kappa shape index (κ1) is 16.4. The summed E-state index contributed by atoms with van der Waals surface area (Å²) >= 11 is 0. The molecule has 1 aliphatic rings. The Labute approximate surface area is 141 Å². The van der Waals surface area contributed by atoms with Crippen LogP contribution in [0.2, 0.25) is 0 Å². The summed E-state index contributed by atoms with van der Waals surface area (Å²) in [6.45, 7) is 7.45. The van der Waals surface area contributed by atoms with Crippen LogP contribution in [0.1, 0.15) is 43.2 Å². The molecule has 0 bridgehead atoms. The smallest absolute Gasteiger partial charge is 0.358 e. The van der Waals surface area contributed by atoms with Gasteiger partial charge < -0.3 is 14.7 Å². The van der Waals surface area contributed by atoms with E-state index in [2.05, 4.69) is 18.9 Å². The molecule has 1 unspecified atom stereocenters. The zero-order chi connectivity index (χ0) is 17.3. The van der Waals surface area contributed by atoms with Gasteiger partial charge in [0.1, 0.15) is 5.75 Å². The molecule has 6 nitrogen and oxygen atoms in total. The van der Waals surface area contributed by atoms with Gasteiger partial charge in [0.25, 0.3) is 0 Å². The van der Waals surface area contributed by atoms with Crippen LogP contribution in [0, 0.1) is 5.92 Å². The van der Waals surface area contributed by atoms with Gasteiger partial charge in [-0.25, -0.2) is 4.79 Å². The minimum absolute atomic E-state index is 0.0774. The van der Waals surface area contributed by atoms with Crippen LogP contribution in [-0.4, -0.2) is 27.1 Å².